The molecule has 6 rings (SSSR count). The lowest BCUT2D eigenvalue weighted by Crippen LogP contribution is -2.49. The van der Waals surface area contributed by atoms with Gasteiger partial charge in [-0.3, -0.25) is 9.59 Å². The van der Waals surface area contributed by atoms with E-state index in [1.54, 1.807) is 28.6 Å². The molecule has 32 heavy (non-hydrogen) atoms. The van der Waals surface area contributed by atoms with Gasteiger partial charge in [0.05, 0.1) is 4.90 Å². The summed E-state index contributed by atoms with van der Waals surface area (Å²) in [6.45, 7) is 3.42. The maximum absolute atomic E-state index is 13.6. The Balaban J connectivity index is 1.30. The van der Waals surface area contributed by atoms with Crippen LogP contribution in [0.5, 0.6) is 0 Å². The van der Waals surface area contributed by atoms with Crippen molar-refractivity contribution in [1.82, 2.24) is 8.87 Å². The van der Waals surface area contributed by atoms with Crippen molar-refractivity contribution < 1.29 is 13.2 Å². The van der Waals surface area contributed by atoms with Gasteiger partial charge < -0.3 is 9.47 Å². The Labute approximate surface area is 187 Å². The van der Waals surface area contributed by atoms with Gasteiger partial charge in [-0.05, 0) is 68.4 Å². The molecule has 1 aromatic carbocycles. The quantitative estimate of drug-likeness (QED) is 0.715. The van der Waals surface area contributed by atoms with Gasteiger partial charge in [0.2, 0.25) is 15.9 Å². The highest BCUT2D eigenvalue weighted by Crippen LogP contribution is 2.41. The standard InChI is InChI=1S/C24H27N3O4S/c1-15-9-18-11-20(7-8-22(18)27(15)24(29)17-5-6-17)32(30,31)25-12-16-10-19(14-25)21-3-2-4-23(28)26(21)13-16/h2-4,7-8,11,15-17,19H,5-6,9-10,12-14H2,1H3. The van der Waals surface area contributed by atoms with Crippen LogP contribution < -0.4 is 10.5 Å². The predicted octanol–water partition coefficient (Wildman–Crippen LogP) is 2.34. The van der Waals surface area contributed by atoms with E-state index in [0.29, 0.717) is 31.0 Å². The summed E-state index contributed by atoms with van der Waals surface area (Å²) in [5, 5.41) is 0. The normalized spacial score (nSPS) is 27.2. The lowest BCUT2D eigenvalue weighted by Gasteiger charge is -2.42. The zero-order valence-corrected chi connectivity index (χ0v) is 18.9. The molecule has 4 aliphatic rings. The average Bonchev–Trinajstić information content (AvgIpc) is 3.56. The molecule has 1 saturated heterocycles. The van der Waals surface area contributed by atoms with Crippen molar-refractivity contribution in [2.45, 2.75) is 56.0 Å². The lowest BCUT2D eigenvalue weighted by molar-refractivity contribution is -0.120. The van der Waals surface area contributed by atoms with Gasteiger partial charge in [-0.1, -0.05) is 6.07 Å². The highest BCUT2D eigenvalue weighted by atomic mass is 32.2. The molecule has 0 radical (unpaired) electrons. The Hall–Kier alpha value is -2.45. The fourth-order valence-electron chi connectivity index (χ4n) is 5.83. The van der Waals surface area contributed by atoms with Crippen LogP contribution in [0.25, 0.3) is 0 Å². The van der Waals surface area contributed by atoms with Gasteiger partial charge in [0.25, 0.3) is 5.56 Å². The van der Waals surface area contributed by atoms with Gasteiger partial charge >= 0.3 is 0 Å². The second-order valence-corrected chi connectivity index (χ2v) is 11.8. The van der Waals surface area contributed by atoms with E-state index >= 15 is 0 Å². The molecule has 3 aliphatic heterocycles. The second kappa shape index (κ2) is 7.02. The first-order chi connectivity index (χ1) is 15.3. The van der Waals surface area contributed by atoms with Gasteiger partial charge in [0.15, 0.2) is 0 Å². The monoisotopic (exact) mass is 453 g/mol. The first-order valence-electron chi connectivity index (χ1n) is 11.5. The minimum atomic E-state index is -3.65. The van der Waals surface area contributed by atoms with Gasteiger partial charge in [0, 0.05) is 55.0 Å². The molecule has 2 bridgehead atoms. The fourth-order valence-corrected chi connectivity index (χ4v) is 7.44. The molecule has 2 fully saturated rings. The Morgan fingerprint density at radius 2 is 1.88 bits per heavy atom. The highest BCUT2D eigenvalue weighted by Gasteiger charge is 2.42. The van der Waals surface area contributed by atoms with Crippen molar-refractivity contribution in [2.75, 3.05) is 18.0 Å². The summed E-state index contributed by atoms with van der Waals surface area (Å²) in [6.07, 6.45) is 3.50. The predicted molar refractivity (Wildman–Crippen MR) is 120 cm³/mol. The Morgan fingerprint density at radius 1 is 1.06 bits per heavy atom. The van der Waals surface area contributed by atoms with Crippen LogP contribution in [-0.2, 0) is 27.8 Å². The van der Waals surface area contributed by atoms with E-state index in [1.807, 2.05) is 28.5 Å². The summed E-state index contributed by atoms with van der Waals surface area (Å²) < 4.78 is 30.6. The van der Waals surface area contributed by atoms with Gasteiger partial charge in [-0.2, -0.15) is 4.31 Å². The van der Waals surface area contributed by atoms with E-state index in [4.69, 9.17) is 0 Å². The largest absolute Gasteiger partial charge is 0.312 e. The third kappa shape index (κ3) is 3.07. The number of amides is 1. The van der Waals surface area contributed by atoms with Crippen molar-refractivity contribution in [1.29, 1.82) is 0 Å². The molecule has 1 aliphatic carbocycles. The van der Waals surface area contributed by atoms with Crippen LogP contribution in [0.2, 0.25) is 0 Å². The number of nitrogens with zero attached hydrogens (tertiary/aromatic N) is 3. The SMILES string of the molecule is CC1Cc2cc(S(=O)(=O)N3CC4CC(C3)c3cccc(=O)n3C4)ccc2N1C(=O)C1CC1. The number of benzene rings is 1. The average molecular weight is 454 g/mol. The third-order valence-corrected chi connectivity index (χ3v) is 9.34. The minimum absolute atomic E-state index is 0.00783. The summed E-state index contributed by atoms with van der Waals surface area (Å²) in [5.41, 5.74) is 2.72. The Morgan fingerprint density at radius 3 is 2.66 bits per heavy atom. The molecule has 1 amide bonds. The smallest absolute Gasteiger partial charge is 0.250 e. The van der Waals surface area contributed by atoms with Gasteiger partial charge in [0.1, 0.15) is 0 Å². The molecule has 0 spiro atoms. The second-order valence-electron chi connectivity index (χ2n) is 9.85. The van der Waals surface area contributed by atoms with Crippen molar-refractivity contribution in [3.05, 3.63) is 58.0 Å². The number of sulfonamides is 1. The molecule has 4 heterocycles. The molecule has 3 unspecified atom stereocenters. The molecular weight excluding hydrogens is 426 g/mol. The number of fused-ring (bicyclic) bond motifs is 5. The van der Waals surface area contributed by atoms with Crippen molar-refractivity contribution >= 4 is 21.6 Å². The van der Waals surface area contributed by atoms with Gasteiger partial charge in [-0.15, -0.1) is 0 Å². The molecule has 168 valence electrons. The number of carbonyl (C=O) groups is 1. The van der Waals surface area contributed by atoms with Crippen LogP contribution in [0.3, 0.4) is 0 Å². The number of hydrogen-bond donors (Lipinski definition) is 0. The fraction of sp³-hybridized carbons (Fsp3) is 0.500. The van der Waals surface area contributed by atoms with Crippen LogP contribution in [0.15, 0.2) is 46.1 Å². The van der Waals surface area contributed by atoms with Crippen molar-refractivity contribution in [2.24, 2.45) is 11.8 Å². The number of pyridine rings is 1. The first kappa shape index (κ1) is 20.2. The molecule has 7 nitrogen and oxygen atoms in total. The number of anilines is 1. The van der Waals surface area contributed by atoms with Crippen LogP contribution in [0.4, 0.5) is 5.69 Å². The van der Waals surface area contributed by atoms with E-state index in [1.165, 1.54) is 0 Å². The van der Waals surface area contributed by atoms with Crippen LogP contribution in [0, 0.1) is 11.8 Å². The van der Waals surface area contributed by atoms with Crippen molar-refractivity contribution in [3.63, 3.8) is 0 Å². The zero-order chi connectivity index (χ0) is 22.2. The molecule has 0 N–H and O–H groups in total. The van der Waals surface area contributed by atoms with Crippen LogP contribution >= 0.6 is 0 Å². The maximum atomic E-state index is 13.6. The molecule has 1 aromatic heterocycles. The summed E-state index contributed by atoms with van der Waals surface area (Å²) >= 11 is 0. The van der Waals surface area contributed by atoms with E-state index in [-0.39, 0.29) is 35.3 Å². The number of carbonyl (C=O) groups excluding carboxylic acids is 1. The Kier molecular flexibility index (Phi) is 4.43. The van der Waals surface area contributed by atoms with Crippen molar-refractivity contribution in [3.8, 4) is 0 Å². The summed E-state index contributed by atoms with van der Waals surface area (Å²) in [7, 11) is -3.65. The highest BCUT2D eigenvalue weighted by molar-refractivity contribution is 7.89. The summed E-state index contributed by atoms with van der Waals surface area (Å²) in [5.74, 6) is 0.476. The number of piperidine rings is 1. The molecule has 3 atom stereocenters. The van der Waals surface area contributed by atoms with Crippen LogP contribution in [0.1, 0.15) is 43.4 Å². The van der Waals surface area contributed by atoms with Crippen LogP contribution in [-0.4, -0.2) is 42.3 Å². The van der Waals surface area contributed by atoms with Gasteiger partial charge in [-0.25, -0.2) is 8.42 Å². The zero-order valence-electron chi connectivity index (χ0n) is 18.1. The van der Waals surface area contributed by atoms with E-state index in [2.05, 4.69) is 0 Å². The minimum Gasteiger partial charge on any atom is -0.312 e. The first-order valence-corrected chi connectivity index (χ1v) is 12.9. The number of rotatable bonds is 3. The van der Waals surface area contributed by atoms with E-state index in [0.717, 1.165) is 36.2 Å². The molecular formula is C24H27N3O4S. The molecule has 1 saturated carbocycles. The van der Waals surface area contributed by atoms with E-state index < -0.39 is 10.0 Å². The summed E-state index contributed by atoms with van der Waals surface area (Å²) in [4.78, 5) is 27.1. The third-order valence-electron chi connectivity index (χ3n) is 7.51. The number of aromatic nitrogens is 1. The summed E-state index contributed by atoms with van der Waals surface area (Å²) in [6, 6.07) is 10.6. The molecule has 8 heteroatoms. The number of hydrogen-bond acceptors (Lipinski definition) is 4. The maximum Gasteiger partial charge on any atom is 0.250 e. The Bertz CT molecular complexity index is 1280. The topological polar surface area (TPSA) is 79.7 Å². The lowest BCUT2D eigenvalue weighted by atomic mass is 9.84. The van der Waals surface area contributed by atoms with E-state index in [9.17, 15) is 18.0 Å². The molecule has 2 aromatic rings.